The lowest BCUT2D eigenvalue weighted by Crippen LogP contribution is -2.16. The standard InChI is InChI=1S/C10H12BrNO3/c1-15-9(13)5-8(12)6-3-2-4-7(11)10(6)14/h2-4,8,14H,5,12H2,1H3/t8-/m0/s1. The van der Waals surface area contributed by atoms with Crippen LogP contribution in [0.15, 0.2) is 22.7 Å². The third-order valence-electron chi connectivity index (χ3n) is 2.03. The molecule has 82 valence electrons. The van der Waals surface area contributed by atoms with Crippen molar-refractivity contribution in [3.63, 3.8) is 0 Å². The summed E-state index contributed by atoms with van der Waals surface area (Å²) in [7, 11) is 1.30. The smallest absolute Gasteiger partial charge is 0.307 e. The van der Waals surface area contributed by atoms with Crippen LogP contribution < -0.4 is 5.73 Å². The highest BCUT2D eigenvalue weighted by Crippen LogP contribution is 2.31. The van der Waals surface area contributed by atoms with Crippen molar-refractivity contribution in [1.82, 2.24) is 0 Å². The summed E-state index contributed by atoms with van der Waals surface area (Å²) in [5, 5.41) is 9.67. The van der Waals surface area contributed by atoms with Crippen LogP contribution in [0.1, 0.15) is 18.0 Å². The average Bonchev–Trinajstić information content (AvgIpc) is 2.21. The number of esters is 1. The van der Waals surface area contributed by atoms with Gasteiger partial charge in [-0.15, -0.1) is 0 Å². The van der Waals surface area contributed by atoms with E-state index in [1.54, 1.807) is 18.2 Å². The number of benzene rings is 1. The first-order valence-corrected chi connectivity index (χ1v) is 5.15. The number of phenols is 1. The molecule has 0 aromatic heterocycles. The Balaban J connectivity index is 2.86. The molecule has 0 aliphatic carbocycles. The van der Waals surface area contributed by atoms with Gasteiger partial charge in [0.25, 0.3) is 0 Å². The second kappa shape index (κ2) is 5.14. The maximum atomic E-state index is 11.0. The molecule has 1 atom stereocenters. The number of halogens is 1. The van der Waals surface area contributed by atoms with Gasteiger partial charge in [-0.25, -0.2) is 0 Å². The van der Waals surface area contributed by atoms with E-state index in [2.05, 4.69) is 20.7 Å². The highest BCUT2D eigenvalue weighted by Gasteiger charge is 2.16. The van der Waals surface area contributed by atoms with Crippen molar-refractivity contribution in [3.05, 3.63) is 28.2 Å². The molecular weight excluding hydrogens is 262 g/mol. The van der Waals surface area contributed by atoms with Crippen LogP contribution in [0, 0.1) is 0 Å². The molecule has 1 rings (SSSR count). The highest BCUT2D eigenvalue weighted by molar-refractivity contribution is 9.10. The minimum atomic E-state index is -0.560. The monoisotopic (exact) mass is 273 g/mol. The molecule has 0 aliphatic heterocycles. The fourth-order valence-electron chi connectivity index (χ4n) is 1.20. The topological polar surface area (TPSA) is 72.5 Å². The molecule has 5 heteroatoms. The summed E-state index contributed by atoms with van der Waals surface area (Å²) < 4.78 is 5.06. The third-order valence-corrected chi connectivity index (χ3v) is 2.67. The van der Waals surface area contributed by atoms with E-state index in [9.17, 15) is 9.90 Å². The highest BCUT2D eigenvalue weighted by atomic mass is 79.9. The summed E-state index contributed by atoms with van der Waals surface area (Å²) in [6, 6.07) is 4.56. The van der Waals surface area contributed by atoms with Gasteiger partial charge in [0, 0.05) is 11.6 Å². The Bertz CT molecular complexity index is 368. The number of carbonyl (C=O) groups is 1. The molecule has 0 saturated carbocycles. The van der Waals surface area contributed by atoms with Crippen LogP contribution in [0.4, 0.5) is 0 Å². The molecule has 0 saturated heterocycles. The van der Waals surface area contributed by atoms with Crippen molar-refractivity contribution in [2.24, 2.45) is 5.73 Å². The molecule has 15 heavy (non-hydrogen) atoms. The predicted molar refractivity (Wildman–Crippen MR) is 59.4 cm³/mol. The van der Waals surface area contributed by atoms with Gasteiger partial charge in [-0.2, -0.15) is 0 Å². The molecule has 0 radical (unpaired) electrons. The van der Waals surface area contributed by atoms with Gasteiger partial charge in [-0.1, -0.05) is 12.1 Å². The van der Waals surface area contributed by atoms with Gasteiger partial charge in [0.1, 0.15) is 5.75 Å². The summed E-state index contributed by atoms with van der Waals surface area (Å²) in [6.07, 6.45) is 0.0422. The quantitative estimate of drug-likeness (QED) is 0.823. The average molecular weight is 274 g/mol. The maximum Gasteiger partial charge on any atom is 0.307 e. The summed E-state index contributed by atoms with van der Waals surface area (Å²) in [5.41, 5.74) is 6.28. The molecule has 0 fully saturated rings. The van der Waals surface area contributed by atoms with Crippen LogP contribution in [0.5, 0.6) is 5.75 Å². The van der Waals surface area contributed by atoms with Crippen LogP contribution in [-0.4, -0.2) is 18.2 Å². The van der Waals surface area contributed by atoms with Crippen LogP contribution >= 0.6 is 15.9 Å². The third kappa shape index (κ3) is 2.94. The molecule has 1 aromatic rings. The Morgan fingerprint density at radius 3 is 2.93 bits per heavy atom. The second-order valence-corrected chi connectivity index (χ2v) is 3.92. The molecule has 0 amide bonds. The lowest BCUT2D eigenvalue weighted by molar-refractivity contribution is -0.141. The minimum absolute atomic E-state index is 0.0422. The second-order valence-electron chi connectivity index (χ2n) is 3.06. The molecule has 0 bridgehead atoms. The predicted octanol–water partition coefficient (Wildman–Crippen LogP) is 1.72. The van der Waals surface area contributed by atoms with Crippen molar-refractivity contribution >= 4 is 21.9 Å². The first kappa shape index (κ1) is 12.0. The molecule has 1 aromatic carbocycles. The number of hydrogen-bond donors (Lipinski definition) is 2. The van der Waals surface area contributed by atoms with Crippen LogP contribution in [0.2, 0.25) is 0 Å². The lowest BCUT2D eigenvalue weighted by Gasteiger charge is -2.12. The Hall–Kier alpha value is -1.07. The van der Waals surface area contributed by atoms with E-state index in [1.165, 1.54) is 7.11 Å². The molecule has 0 unspecified atom stereocenters. The fraction of sp³-hybridized carbons (Fsp3) is 0.300. The van der Waals surface area contributed by atoms with Gasteiger partial charge in [-0.3, -0.25) is 4.79 Å². The minimum Gasteiger partial charge on any atom is -0.506 e. The molecule has 0 heterocycles. The van der Waals surface area contributed by atoms with Crippen LogP contribution in [0.25, 0.3) is 0 Å². The van der Waals surface area contributed by atoms with E-state index in [0.29, 0.717) is 10.0 Å². The number of aromatic hydroxyl groups is 1. The summed E-state index contributed by atoms with van der Waals surface area (Å²) >= 11 is 3.18. The first-order valence-electron chi connectivity index (χ1n) is 4.36. The maximum absolute atomic E-state index is 11.0. The molecule has 0 aliphatic rings. The zero-order valence-electron chi connectivity index (χ0n) is 8.24. The van der Waals surface area contributed by atoms with E-state index in [4.69, 9.17) is 5.73 Å². The zero-order chi connectivity index (χ0) is 11.4. The number of phenolic OH excluding ortho intramolecular Hbond substituents is 1. The Morgan fingerprint density at radius 2 is 2.33 bits per heavy atom. The van der Waals surface area contributed by atoms with Gasteiger partial charge in [-0.05, 0) is 22.0 Å². The van der Waals surface area contributed by atoms with E-state index < -0.39 is 12.0 Å². The molecule has 3 N–H and O–H groups in total. The van der Waals surface area contributed by atoms with Crippen molar-refractivity contribution in [2.45, 2.75) is 12.5 Å². The number of hydrogen-bond acceptors (Lipinski definition) is 4. The summed E-state index contributed by atoms with van der Waals surface area (Å²) in [4.78, 5) is 11.0. The van der Waals surface area contributed by atoms with Gasteiger partial charge in [0.05, 0.1) is 18.0 Å². The zero-order valence-corrected chi connectivity index (χ0v) is 9.82. The van der Waals surface area contributed by atoms with Crippen molar-refractivity contribution in [1.29, 1.82) is 0 Å². The Labute approximate surface area is 96.2 Å². The molecular formula is C10H12BrNO3. The fourth-order valence-corrected chi connectivity index (χ4v) is 1.59. The SMILES string of the molecule is COC(=O)C[C@H](N)c1cccc(Br)c1O. The van der Waals surface area contributed by atoms with E-state index in [-0.39, 0.29) is 12.2 Å². The van der Waals surface area contributed by atoms with Crippen molar-refractivity contribution < 1.29 is 14.6 Å². The van der Waals surface area contributed by atoms with E-state index in [0.717, 1.165) is 0 Å². The number of rotatable bonds is 3. The van der Waals surface area contributed by atoms with Crippen molar-refractivity contribution in [3.8, 4) is 5.75 Å². The van der Waals surface area contributed by atoms with Crippen molar-refractivity contribution in [2.75, 3.05) is 7.11 Å². The molecule has 0 spiro atoms. The van der Waals surface area contributed by atoms with Crippen LogP contribution in [0.3, 0.4) is 0 Å². The van der Waals surface area contributed by atoms with Gasteiger partial charge in [0.15, 0.2) is 0 Å². The number of carbonyl (C=O) groups excluding carboxylic acids is 1. The Kier molecular flexibility index (Phi) is 4.11. The summed E-state index contributed by atoms with van der Waals surface area (Å²) in [5.74, 6) is -0.337. The Morgan fingerprint density at radius 1 is 1.67 bits per heavy atom. The molecule has 4 nitrogen and oxygen atoms in total. The first-order chi connectivity index (χ1) is 7.06. The largest absolute Gasteiger partial charge is 0.506 e. The van der Waals surface area contributed by atoms with E-state index >= 15 is 0 Å². The van der Waals surface area contributed by atoms with Gasteiger partial charge in [0.2, 0.25) is 0 Å². The normalized spacial score (nSPS) is 12.2. The number of methoxy groups -OCH3 is 1. The number of para-hydroxylation sites is 1. The lowest BCUT2D eigenvalue weighted by atomic mass is 10.0. The van der Waals surface area contributed by atoms with E-state index in [1.807, 2.05) is 0 Å². The van der Waals surface area contributed by atoms with Gasteiger partial charge < -0.3 is 15.6 Å². The number of ether oxygens (including phenoxy) is 1. The van der Waals surface area contributed by atoms with Gasteiger partial charge >= 0.3 is 5.97 Å². The number of nitrogens with two attached hydrogens (primary N) is 1. The summed E-state index contributed by atoms with van der Waals surface area (Å²) in [6.45, 7) is 0. The van der Waals surface area contributed by atoms with Crippen LogP contribution in [-0.2, 0) is 9.53 Å².